The molecule has 10 heteroatoms. The van der Waals surface area contributed by atoms with Crippen LogP contribution in [0.25, 0.3) is 0 Å². The Bertz CT molecular complexity index is 1140. The van der Waals surface area contributed by atoms with Crippen molar-refractivity contribution in [3.05, 3.63) is 60.9 Å². The first-order chi connectivity index (χ1) is 27.1. The van der Waals surface area contributed by atoms with Gasteiger partial charge in [0.05, 0.1) is 46.2 Å². The first kappa shape index (κ1) is 52.0. The van der Waals surface area contributed by atoms with Crippen LogP contribution in [0.1, 0.15) is 162 Å². The molecule has 1 N–H and O–H groups in total. The van der Waals surface area contributed by atoms with Crippen LogP contribution in [-0.2, 0) is 32.6 Å². The van der Waals surface area contributed by atoms with Crippen molar-refractivity contribution in [2.45, 2.75) is 180 Å². The number of unbranched alkanes of at least 4 members (excludes halogenated alkanes) is 14. The van der Waals surface area contributed by atoms with Crippen molar-refractivity contribution in [3.63, 3.8) is 0 Å². The van der Waals surface area contributed by atoms with Crippen LogP contribution in [0.5, 0.6) is 0 Å². The van der Waals surface area contributed by atoms with Crippen LogP contribution in [0.2, 0.25) is 0 Å². The Morgan fingerprint density at radius 3 is 1.86 bits per heavy atom. The highest BCUT2D eigenvalue weighted by atomic mass is 31.2. The molecular formula is C46H83NO8P+. The quantitative estimate of drug-likeness (QED) is 0.0125. The molecule has 3 unspecified atom stereocenters. The van der Waals surface area contributed by atoms with Crippen molar-refractivity contribution in [1.29, 1.82) is 0 Å². The van der Waals surface area contributed by atoms with E-state index < -0.39 is 19.9 Å². The number of nitrogens with zero attached hydrogens (tertiary/aromatic N) is 1. The van der Waals surface area contributed by atoms with E-state index in [0.29, 0.717) is 17.4 Å². The molecule has 0 aliphatic carbocycles. The van der Waals surface area contributed by atoms with Gasteiger partial charge in [-0.15, -0.1) is 0 Å². The summed E-state index contributed by atoms with van der Waals surface area (Å²) in [7, 11) is 1.57. The lowest BCUT2D eigenvalue weighted by molar-refractivity contribution is -0.870. The van der Waals surface area contributed by atoms with Gasteiger partial charge in [-0.1, -0.05) is 120 Å². The topological polar surface area (TPSA) is 104 Å². The number of quaternary nitrogens is 1. The maximum Gasteiger partial charge on any atom is 0.472 e. The Kier molecular flexibility index (Phi) is 32.5. The van der Waals surface area contributed by atoms with E-state index in [9.17, 15) is 14.3 Å². The number of phosphoric ester groups is 1. The minimum absolute atomic E-state index is 0.0112. The number of likely N-dealkylation sites (N-methyl/N-ethyl adjacent to an activating group) is 1. The number of carbonyl (C=O) groups excluding carboxylic acids is 1. The SMILES string of the molecule is CCCCC/C=C\C/C=C\C/C=C\CC1OC1CCCC(=O)O[C@H](CO/C=C/CCCCCC/C=C\CCCCCCCC)COP(=O)(O)OCC[N+](C)(C)C. The summed E-state index contributed by atoms with van der Waals surface area (Å²) in [6, 6.07) is 0. The maximum atomic E-state index is 12.7. The van der Waals surface area contributed by atoms with Crippen LogP contribution in [-0.4, -0.2) is 81.2 Å². The highest BCUT2D eigenvalue weighted by Gasteiger charge is 2.36. The Morgan fingerprint density at radius 2 is 1.21 bits per heavy atom. The molecule has 1 heterocycles. The third-order valence-electron chi connectivity index (χ3n) is 9.54. The smallest absolute Gasteiger partial charge is 0.472 e. The minimum Gasteiger partial charge on any atom is -0.498 e. The predicted molar refractivity (Wildman–Crippen MR) is 232 cm³/mol. The molecule has 0 bridgehead atoms. The summed E-state index contributed by atoms with van der Waals surface area (Å²) in [5.41, 5.74) is 0. The molecule has 1 rings (SSSR count). The largest absolute Gasteiger partial charge is 0.498 e. The molecule has 0 spiro atoms. The van der Waals surface area contributed by atoms with Gasteiger partial charge in [-0.05, 0) is 89.5 Å². The van der Waals surface area contributed by atoms with Crippen molar-refractivity contribution in [2.24, 2.45) is 0 Å². The van der Waals surface area contributed by atoms with Crippen molar-refractivity contribution in [3.8, 4) is 0 Å². The average Bonchev–Trinajstić information content (AvgIpc) is 3.90. The fraction of sp³-hybridized carbons (Fsp3) is 0.761. The monoisotopic (exact) mass is 809 g/mol. The lowest BCUT2D eigenvalue weighted by Gasteiger charge is -2.24. The molecule has 1 fully saturated rings. The van der Waals surface area contributed by atoms with Gasteiger partial charge < -0.3 is 23.6 Å². The number of carbonyl (C=O) groups is 1. The fourth-order valence-corrected chi connectivity index (χ4v) is 6.69. The van der Waals surface area contributed by atoms with Gasteiger partial charge in [0.15, 0.2) is 6.10 Å². The van der Waals surface area contributed by atoms with E-state index in [1.54, 1.807) is 6.26 Å². The highest BCUT2D eigenvalue weighted by molar-refractivity contribution is 7.47. The fourth-order valence-electron chi connectivity index (χ4n) is 5.95. The molecule has 1 saturated heterocycles. The van der Waals surface area contributed by atoms with E-state index in [1.807, 2.05) is 27.2 Å². The molecule has 0 radical (unpaired) electrons. The van der Waals surface area contributed by atoms with Gasteiger partial charge in [0.25, 0.3) is 0 Å². The number of ether oxygens (including phenoxy) is 3. The number of rotatable bonds is 39. The van der Waals surface area contributed by atoms with E-state index in [-0.39, 0.29) is 38.4 Å². The van der Waals surface area contributed by atoms with Crippen molar-refractivity contribution < 1.29 is 42.0 Å². The third-order valence-corrected chi connectivity index (χ3v) is 10.5. The van der Waals surface area contributed by atoms with Crippen LogP contribution in [0, 0.1) is 0 Å². The highest BCUT2D eigenvalue weighted by Crippen LogP contribution is 2.43. The summed E-state index contributed by atoms with van der Waals surface area (Å²) < 4.78 is 40.5. The van der Waals surface area contributed by atoms with Crippen LogP contribution in [0.4, 0.5) is 0 Å². The summed E-state index contributed by atoms with van der Waals surface area (Å²) in [6.07, 6.45) is 46.5. The third kappa shape index (κ3) is 35.2. The van der Waals surface area contributed by atoms with E-state index >= 15 is 0 Å². The van der Waals surface area contributed by atoms with Crippen LogP contribution < -0.4 is 0 Å². The van der Waals surface area contributed by atoms with Crippen LogP contribution in [0.3, 0.4) is 0 Å². The molecule has 0 saturated carbocycles. The first-order valence-electron chi connectivity index (χ1n) is 22.2. The van der Waals surface area contributed by atoms with E-state index in [2.05, 4.69) is 62.5 Å². The van der Waals surface area contributed by atoms with Gasteiger partial charge in [-0.2, -0.15) is 0 Å². The van der Waals surface area contributed by atoms with Gasteiger partial charge in [-0.25, -0.2) is 4.57 Å². The van der Waals surface area contributed by atoms with Crippen LogP contribution >= 0.6 is 7.82 Å². The Hall–Kier alpha value is -2.00. The summed E-state index contributed by atoms with van der Waals surface area (Å²) in [5, 5.41) is 0. The number of phosphoric acid groups is 1. The molecule has 9 nitrogen and oxygen atoms in total. The minimum atomic E-state index is -4.32. The van der Waals surface area contributed by atoms with Gasteiger partial charge in [0.2, 0.25) is 0 Å². The van der Waals surface area contributed by atoms with Crippen molar-refractivity contribution >= 4 is 13.8 Å². The second-order valence-corrected chi connectivity index (χ2v) is 17.6. The zero-order chi connectivity index (χ0) is 41.0. The Balaban J connectivity index is 2.32. The number of esters is 1. The second-order valence-electron chi connectivity index (χ2n) is 16.2. The zero-order valence-corrected chi connectivity index (χ0v) is 37.2. The van der Waals surface area contributed by atoms with Gasteiger partial charge in [-0.3, -0.25) is 13.8 Å². The van der Waals surface area contributed by atoms with E-state index in [1.165, 1.54) is 89.9 Å². The lowest BCUT2D eigenvalue weighted by Crippen LogP contribution is -2.37. The maximum absolute atomic E-state index is 12.7. The van der Waals surface area contributed by atoms with E-state index in [4.69, 9.17) is 23.3 Å². The van der Waals surface area contributed by atoms with E-state index in [0.717, 1.165) is 44.9 Å². The Morgan fingerprint density at radius 1 is 0.679 bits per heavy atom. The molecule has 0 aromatic carbocycles. The van der Waals surface area contributed by atoms with Gasteiger partial charge in [0, 0.05) is 6.42 Å². The number of epoxide rings is 1. The second kappa shape index (κ2) is 35.0. The van der Waals surface area contributed by atoms with Crippen LogP contribution in [0.15, 0.2) is 60.9 Å². The molecule has 1 aliphatic heterocycles. The molecule has 0 aromatic heterocycles. The Labute approximate surface area is 343 Å². The number of hydrogen-bond donors (Lipinski definition) is 1. The number of allylic oxidation sites excluding steroid dienone is 8. The zero-order valence-electron chi connectivity index (χ0n) is 36.3. The van der Waals surface area contributed by atoms with Crippen molar-refractivity contribution in [1.82, 2.24) is 0 Å². The summed E-state index contributed by atoms with van der Waals surface area (Å²) in [6.45, 7) is 4.79. The standard InChI is InChI=1S/C46H82NO8P/c1-6-8-10-12-14-16-18-20-21-22-23-25-27-29-31-33-39-51-41-43(42-53-56(49,50)52-40-38-47(3,4)5)54-46(48)37-34-36-45-44(55-45)35-32-30-28-26-24-19-17-15-13-11-9-7-2/h15,17,20-21,24,26,30,32-33,39,43-45H,6-14,16,18-19,22-23,25,27-29,31,34-38,40-42H2,1-5H3/p+1/b17-15-,21-20-,26-24-,32-30-,39-33+/t43-,44?,45?/m1/s1. The normalized spacial score (nSPS) is 17.9. The lowest BCUT2D eigenvalue weighted by atomic mass is 10.1. The van der Waals surface area contributed by atoms with Gasteiger partial charge in [0.1, 0.15) is 19.8 Å². The molecule has 0 aromatic rings. The molecular weight excluding hydrogens is 725 g/mol. The number of hydrogen-bond acceptors (Lipinski definition) is 7. The average molecular weight is 809 g/mol. The van der Waals surface area contributed by atoms with Gasteiger partial charge >= 0.3 is 13.8 Å². The first-order valence-corrected chi connectivity index (χ1v) is 23.7. The summed E-state index contributed by atoms with van der Waals surface area (Å²) >= 11 is 0. The molecule has 1 aliphatic rings. The van der Waals surface area contributed by atoms with Crippen molar-refractivity contribution in [2.75, 3.05) is 47.5 Å². The molecule has 56 heavy (non-hydrogen) atoms. The molecule has 324 valence electrons. The summed E-state index contributed by atoms with van der Waals surface area (Å²) in [5.74, 6) is -0.401. The summed E-state index contributed by atoms with van der Waals surface area (Å²) in [4.78, 5) is 23.0. The predicted octanol–water partition coefficient (Wildman–Crippen LogP) is 12.3. The molecule has 4 atom stereocenters. The molecule has 0 amide bonds.